The first-order valence-electron chi connectivity index (χ1n) is 8.02. The predicted octanol–water partition coefficient (Wildman–Crippen LogP) is 3.49. The van der Waals surface area contributed by atoms with Gasteiger partial charge in [0.15, 0.2) is 0 Å². The second kappa shape index (κ2) is 7.59. The zero-order valence-corrected chi connectivity index (χ0v) is 13.1. The maximum Gasteiger partial charge on any atom is 0.0991 e. The van der Waals surface area contributed by atoms with E-state index < -0.39 is 6.10 Å². The number of aliphatic hydroxyl groups excluding tert-OH is 1. The molecule has 1 N–H and O–H groups in total. The second-order valence-electron chi connectivity index (χ2n) is 6.54. The number of benzene rings is 1. The lowest BCUT2D eigenvalue weighted by atomic mass is 10.0. The number of hydrogen-bond acceptors (Lipinski definition) is 3. The van der Waals surface area contributed by atoms with E-state index in [1.807, 2.05) is 12.1 Å². The van der Waals surface area contributed by atoms with Crippen molar-refractivity contribution in [2.45, 2.75) is 51.7 Å². The number of rotatable bonds is 6. The minimum atomic E-state index is -0.475. The molecule has 0 radical (unpaired) electrons. The Morgan fingerprint density at radius 1 is 1.19 bits per heavy atom. The average molecular weight is 286 g/mol. The molecule has 0 bridgehead atoms. The maximum atomic E-state index is 10.5. The summed E-state index contributed by atoms with van der Waals surface area (Å²) in [6.45, 7) is 6.19. The normalized spacial score (nSPS) is 17.3. The fraction of sp³-hybridized carbons (Fsp3) is 0.611. The predicted molar refractivity (Wildman–Crippen MR) is 84.8 cm³/mol. The zero-order chi connectivity index (χ0) is 15.2. The molecule has 1 saturated carbocycles. The van der Waals surface area contributed by atoms with Crippen molar-refractivity contribution in [2.75, 3.05) is 13.1 Å². The third-order valence-corrected chi connectivity index (χ3v) is 4.27. The Morgan fingerprint density at radius 3 is 2.33 bits per heavy atom. The first kappa shape index (κ1) is 16.0. The SMILES string of the molecule is CC(C)CN(CC(O)c1ccc(C#N)cc1)C1CCCC1. The van der Waals surface area contributed by atoms with Crippen LogP contribution in [0.1, 0.15) is 56.8 Å². The lowest BCUT2D eigenvalue weighted by Crippen LogP contribution is -2.39. The van der Waals surface area contributed by atoms with Crippen LogP contribution >= 0.6 is 0 Å². The highest BCUT2D eigenvalue weighted by molar-refractivity contribution is 5.32. The summed E-state index contributed by atoms with van der Waals surface area (Å²) in [5.41, 5.74) is 1.54. The first-order valence-corrected chi connectivity index (χ1v) is 8.02. The lowest BCUT2D eigenvalue weighted by Gasteiger charge is -2.32. The summed E-state index contributed by atoms with van der Waals surface area (Å²) >= 11 is 0. The molecule has 2 rings (SSSR count). The molecule has 1 fully saturated rings. The van der Waals surface area contributed by atoms with E-state index >= 15 is 0 Å². The molecule has 114 valence electrons. The highest BCUT2D eigenvalue weighted by atomic mass is 16.3. The van der Waals surface area contributed by atoms with Gasteiger partial charge in [-0.05, 0) is 36.5 Å². The highest BCUT2D eigenvalue weighted by Crippen LogP contribution is 2.26. The van der Waals surface area contributed by atoms with E-state index in [0.717, 1.165) is 12.1 Å². The molecule has 0 amide bonds. The monoisotopic (exact) mass is 286 g/mol. The number of aliphatic hydroxyl groups is 1. The molecular weight excluding hydrogens is 260 g/mol. The van der Waals surface area contributed by atoms with Gasteiger partial charge in [-0.25, -0.2) is 0 Å². The van der Waals surface area contributed by atoms with Gasteiger partial charge < -0.3 is 5.11 Å². The Morgan fingerprint density at radius 2 is 1.81 bits per heavy atom. The van der Waals surface area contributed by atoms with Crippen LogP contribution in [0.4, 0.5) is 0 Å². The smallest absolute Gasteiger partial charge is 0.0991 e. The molecule has 1 aromatic carbocycles. The summed E-state index contributed by atoms with van der Waals surface area (Å²) in [5, 5.41) is 19.3. The third-order valence-electron chi connectivity index (χ3n) is 4.27. The molecule has 3 nitrogen and oxygen atoms in total. The van der Waals surface area contributed by atoms with Gasteiger partial charge >= 0.3 is 0 Å². The van der Waals surface area contributed by atoms with Crippen molar-refractivity contribution < 1.29 is 5.11 Å². The molecule has 0 aliphatic heterocycles. The van der Waals surface area contributed by atoms with Gasteiger partial charge in [0.2, 0.25) is 0 Å². The van der Waals surface area contributed by atoms with Crippen LogP contribution in [0, 0.1) is 17.2 Å². The number of nitrogens with zero attached hydrogens (tertiary/aromatic N) is 2. The van der Waals surface area contributed by atoms with Crippen LogP contribution in [0.2, 0.25) is 0 Å². The third kappa shape index (κ3) is 4.56. The van der Waals surface area contributed by atoms with Gasteiger partial charge in [0, 0.05) is 19.1 Å². The molecule has 0 spiro atoms. The molecule has 1 unspecified atom stereocenters. The second-order valence-corrected chi connectivity index (χ2v) is 6.54. The van der Waals surface area contributed by atoms with Gasteiger partial charge in [0.05, 0.1) is 17.7 Å². The van der Waals surface area contributed by atoms with E-state index in [0.29, 0.717) is 24.1 Å². The van der Waals surface area contributed by atoms with Crippen LogP contribution in [0.5, 0.6) is 0 Å². The van der Waals surface area contributed by atoms with E-state index in [2.05, 4.69) is 24.8 Å². The summed E-state index contributed by atoms with van der Waals surface area (Å²) in [6, 6.07) is 10.0. The van der Waals surface area contributed by atoms with Crippen molar-refractivity contribution >= 4 is 0 Å². The molecule has 21 heavy (non-hydrogen) atoms. The zero-order valence-electron chi connectivity index (χ0n) is 13.1. The van der Waals surface area contributed by atoms with Crippen LogP contribution in [0.25, 0.3) is 0 Å². The molecule has 1 aliphatic carbocycles. The van der Waals surface area contributed by atoms with Gasteiger partial charge in [-0.2, -0.15) is 5.26 Å². The van der Waals surface area contributed by atoms with Crippen molar-refractivity contribution in [2.24, 2.45) is 5.92 Å². The fourth-order valence-electron chi connectivity index (χ4n) is 3.22. The topological polar surface area (TPSA) is 47.3 Å². The van der Waals surface area contributed by atoms with Crippen molar-refractivity contribution in [3.63, 3.8) is 0 Å². The highest BCUT2D eigenvalue weighted by Gasteiger charge is 2.25. The molecule has 0 aromatic heterocycles. The summed E-state index contributed by atoms with van der Waals surface area (Å²) in [4.78, 5) is 2.46. The Hall–Kier alpha value is -1.37. The van der Waals surface area contributed by atoms with E-state index in [1.165, 1.54) is 25.7 Å². The van der Waals surface area contributed by atoms with Gasteiger partial charge in [0.25, 0.3) is 0 Å². The van der Waals surface area contributed by atoms with E-state index in [1.54, 1.807) is 12.1 Å². The van der Waals surface area contributed by atoms with Crippen LogP contribution in [0.3, 0.4) is 0 Å². The maximum absolute atomic E-state index is 10.5. The van der Waals surface area contributed by atoms with Gasteiger partial charge in [-0.1, -0.05) is 38.8 Å². The molecule has 0 heterocycles. The van der Waals surface area contributed by atoms with Gasteiger partial charge in [-0.3, -0.25) is 4.90 Å². The minimum Gasteiger partial charge on any atom is -0.387 e. The van der Waals surface area contributed by atoms with Crippen LogP contribution in [0.15, 0.2) is 24.3 Å². The van der Waals surface area contributed by atoms with Gasteiger partial charge in [-0.15, -0.1) is 0 Å². The Bertz CT molecular complexity index is 469. The van der Waals surface area contributed by atoms with Crippen LogP contribution in [-0.4, -0.2) is 29.1 Å². The van der Waals surface area contributed by atoms with E-state index in [4.69, 9.17) is 5.26 Å². The Kier molecular flexibility index (Phi) is 5.78. The Balaban J connectivity index is 2.02. The van der Waals surface area contributed by atoms with Crippen molar-refractivity contribution in [3.05, 3.63) is 35.4 Å². The first-order chi connectivity index (χ1) is 10.1. The summed E-state index contributed by atoms with van der Waals surface area (Å²) < 4.78 is 0. The van der Waals surface area contributed by atoms with Crippen molar-refractivity contribution in [3.8, 4) is 6.07 Å². The molecular formula is C18H26N2O. The molecule has 0 saturated heterocycles. The van der Waals surface area contributed by atoms with E-state index in [-0.39, 0.29) is 0 Å². The number of hydrogen-bond donors (Lipinski definition) is 1. The average Bonchev–Trinajstić information content (AvgIpc) is 3.00. The number of nitriles is 1. The Labute approximate surface area is 128 Å². The van der Waals surface area contributed by atoms with Crippen molar-refractivity contribution in [1.29, 1.82) is 5.26 Å². The molecule has 1 aromatic rings. The summed E-state index contributed by atoms with van der Waals surface area (Å²) in [5.74, 6) is 0.610. The van der Waals surface area contributed by atoms with Gasteiger partial charge in [0.1, 0.15) is 0 Å². The largest absolute Gasteiger partial charge is 0.387 e. The van der Waals surface area contributed by atoms with Crippen LogP contribution < -0.4 is 0 Å². The molecule has 1 atom stereocenters. The quantitative estimate of drug-likeness (QED) is 0.870. The van der Waals surface area contributed by atoms with E-state index in [9.17, 15) is 5.11 Å². The molecule has 3 heteroatoms. The van der Waals surface area contributed by atoms with Crippen LogP contribution in [-0.2, 0) is 0 Å². The van der Waals surface area contributed by atoms with Crippen molar-refractivity contribution in [1.82, 2.24) is 4.90 Å². The summed E-state index contributed by atoms with van der Waals surface area (Å²) in [6.07, 6.45) is 4.66. The fourth-order valence-corrected chi connectivity index (χ4v) is 3.22. The standard InChI is InChI=1S/C18H26N2O/c1-14(2)12-20(17-5-3-4-6-17)13-18(21)16-9-7-15(11-19)8-10-16/h7-10,14,17-18,21H,3-6,12-13H2,1-2H3. The minimum absolute atomic E-state index is 0.475. The summed E-state index contributed by atoms with van der Waals surface area (Å²) in [7, 11) is 0. The molecule has 1 aliphatic rings. The lowest BCUT2D eigenvalue weighted by molar-refractivity contribution is 0.0796.